The van der Waals surface area contributed by atoms with Crippen LogP contribution in [0, 0.1) is 0 Å². The molecular weight excluding hydrogens is 972 g/mol. The Morgan fingerprint density at radius 2 is 0.790 bits per heavy atom. The van der Waals surface area contributed by atoms with E-state index in [1.807, 2.05) is 0 Å². The summed E-state index contributed by atoms with van der Waals surface area (Å²) in [5.41, 5.74) is 0.412. The number of nitrogens with zero attached hydrogens (tertiary/aromatic N) is 4. The molecule has 0 fully saturated rings. The number of benzene rings is 5. The van der Waals surface area contributed by atoms with Gasteiger partial charge in [-0.25, -0.2) is 0 Å². The van der Waals surface area contributed by atoms with Gasteiger partial charge in [0, 0.05) is 10.0 Å². The van der Waals surface area contributed by atoms with Crippen molar-refractivity contribution in [2.45, 2.75) is 25.9 Å². The van der Waals surface area contributed by atoms with Crippen LogP contribution >= 0.6 is 92.8 Å². The molecule has 62 heavy (non-hydrogen) atoms. The highest BCUT2D eigenvalue weighted by Gasteiger charge is 2.27. The van der Waals surface area contributed by atoms with Crippen LogP contribution < -0.4 is 21.3 Å². The molecule has 0 spiro atoms. The number of carbonyl (C=O) groups excluding carboxylic acids is 6. The highest BCUT2D eigenvalue weighted by molar-refractivity contribution is 6.46. The Hall–Kier alpha value is -5.16. The summed E-state index contributed by atoms with van der Waals surface area (Å²) in [5, 5.41) is 26.6. The third-order valence-corrected chi connectivity index (χ3v) is 10.9. The summed E-state index contributed by atoms with van der Waals surface area (Å²) < 4.78 is 0. The fourth-order valence-corrected chi connectivity index (χ4v) is 6.60. The number of hydrogen-bond donors (Lipinski definition) is 4. The molecule has 0 saturated carbocycles. The van der Waals surface area contributed by atoms with Crippen LogP contribution in [0.15, 0.2) is 105 Å². The number of ketones is 2. The van der Waals surface area contributed by atoms with Crippen LogP contribution in [0.5, 0.6) is 0 Å². The van der Waals surface area contributed by atoms with Crippen LogP contribution in [-0.4, -0.2) is 47.3 Å². The first kappa shape index (κ1) is 47.9. The number of azo groups is 2. The zero-order valence-electron chi connectivity index (χ0n) is 31.5. The SMILES string of the molecule is CC(=O)C(N=Nc1ccc(Cl)c(C(=O)Nc2cc(Cl)ccc2Cl)c1)C(=O)Nc1ccc(NC(=O)C(N=Nc2ccc(Cl)c(C(=O)Nc3cc(Cl)ccc3Cl)c2)C(C)=O)c(Cl)c1Cl. The Morgan fingerprint density at radius 1 is 0.435 bits per heavy atom. The summed E-state index contributed by atoms with van der Waals surface area (Å²) in [6, 6.07) is 16.3. The first-order valence-electron chi connectivity index (χ1n) is 17.4. The third kappa shape index (κ3) is 12.3. The molecular formula is C40H26Cl8N8O6. The van der Waals surface area contributed by atoms with Crippen molar-refractivity contribution >= 4 is 162 Å². The Bertz CT molecular complexity index is 2530. The van der Waals surface area contributed by atoms with Gasteiger partial charge in [0.05, 0.1) is 75.4 Å². The van der Waals surface area contributed by atoms with Gasteiger partial charge in [0.1, 0.15) is 0 Å². The van der Waals surface area contributed by atoms with E-state index >= 15 is 0 Å². The quantitative estimate of drug-likeness (QED) is 0.0630. The van der Waals surface area contributed by atoms with E-state index < -0.39 is 47.3 Å². The molecule has 0 aliphatic heterocycles. The standard InChI is InChI=1S/C40H26Cl8N8O6/c1-17(57)35(55-53-21-5-9-25(43)23(15-21)37(59)51-31-13-19(41)3-7-27(31)45)39(61)49-29-11-12-30(34(48)33(29)47)50-40(62)36(18(2)58)56-54-22-6-10-26(44)24(16-22)38(60)52-32-14-20(42)4-8-28(32)46/h3-16,35-36H,1-2H3,(H,49,61)(H,50,62)(H,51,59)(H,52,60). The van der Waals surface area contributed by atoms with Gasteiger partial charge in [0.25, 0.3) is 23.6 Å². The minimum atomic E-state index is -1.68. The van der Waals surface area contributed by atoms with Crippen LogP contribution in [0.25, 0.3) is 0 Å². The molecule has 0 heterocycles. The molecule has 14 nitrogen and oxygen atoms in total. The zero-order valence-corrected chi connectivity index (χ0v) is 37.5. The van der Waals surface area contributed by atoms with Crippen molar-refractivity contribution in [1.29, 1.82) is 0 Å². The van der Waals surface area contributed by atoms with Gasteiger partial charge in [-0.15, -0.1) is 0 Å². The monoisotopic (exact) mass is 994 g/mol. The Balaban J connectivity index is 1.26. The van der Waals surface area contributed by atoms with Crippen LogP contribution in [0.4, 0.5) is 34.1 Å². The highest BCUT2D eigenvalue weighted by atomic mass is 35.5. The molecule has 2 atom stereocenters. The largest absolute Gasteiger partial charge is 0.322 e. The van der Waals surface area contributed by atoms with Gasteiger partial charge in [-0.1, -0.05) is 92.8 Å². The van der Waals surface area contributed by atoms with Gasteiger partial charge in [0.15, 0.2) is 11.6 Å². The van der Waals surface area contributed by atoms with E-state index in [0.717, 1.165) is 13.8 Å². The van der Waals surface area contributed by atoms with Crippen molar-refractivity contribution < 1.29 is 28.8 Å². The summed E-state index contributed by atoms with van der Waals surface area (Å²) in [6.07, 6.45) is 0. The molecule has 0 saturated heterocycles. The van der Waals surface area contributed by atoms with Crippen molar-refractivity contribution in [2.75, 3.05) is 21.3 Å². The summed E-state index contributed by atoms with van der Waals surface area (Å²) in [6.45, 7) is 2.22. The van der Waals surface area contributed by atoms with Crippen LogP contribution in [-0.2, 0) is 19.2 Å². The predicted octanol–water partition coefficient (Wildman–Crippen LogP) is 12.8. The minimum Gasteiger partial charge on any atom is -0.322 e. The van der Waals surface area contributed by atoms with Crippen molar-refractivity contribution in [3.63, 3.8) is 0 Å². The van der Waals surface area contributed by atoms with E-state index in [0.29, 0.717) is 10.0 Å². The molecule has 0 aliphatic carbocycles. The van der Waals surface area contributed by atoms with E-state index in [1.165, 1.54) is 72.8 Å². The van der Waals surface area contributed by atoms with Crippen LogP contribution in [0.1, 0.15) is 34.6 Å². The highest BCUT2D eigenvalue weighted by Crippen LogP contribution is 2.37. The Morgan fingerprint density at radius 3 is 1.15 bits per heavy atom. The number of amides is 4. The summed E-state index contributed by atoms with van der Waals surface area (Å²) in [4.78, 5) is 77.6. The summed E-state index contributed by atoms with van der Waals surface area (Å²) in [7, 11) is 0. The van der Waals surface area contributed by atoms with Crippen LogP contribution in [0.3, 0.4) is 0 Å². The van der Waals surface area contributed by atoms with Gasteiger partial charge in [-0.3, -0.25) is 28.8 Å². The number of halogens is 8. The Labute approximate surface area is 392 Å². The van der Waals surface area contributed by atoms with Gasteiger partial charge in [0.2, 0.25) is 12.1 Å². The van der Waals surface area contributed by atoms with E-state index in [1.54, 1.807) is 12.1 Å². The fourth-order valence-electron chi connectivity index (χ4n) is 5.10. The number of carbonyl (C=O) groups is 6. The lowest BCUT2D eigenvalue weighted by atomic mass is 10.1. The molecule has 0 aliphatic rings. The van der Waals surface area contributed by atoms with E-state index in [2.05, 4.69) is 41.7 Å². The lowest BCUT2D eigenvalue weighted by Crippen LogP contribution is -2.32. The van der Waals surface area contributed by atoms with Gasteiger partial charge in [-0.2, -0.15) is 20.5 Å². The average Bonchev–Trinajstić information content (AvgIpc) is 3.21. The lowest BCUT2D eigenvalue weighted by molar-refractivity contribution is -0.127. The van der Waals surface area contributed by atoms with Crippen molar-refractivity contribution in [3.05, 3.63) is 136 Å². The maximum absolute atomic E-state index is 13.3. The number of hydrogen-bond acceptors (Lipinski definition) is 10. The molecule has 5 aromatic carbocycles. The van der Waals surface area contributed by atoms with Crippen molar-refractivity contribution in [3.8, 4) is 0 Å². The van der Waals surface area contributed by atoms with Gasteiger partial charge < -0.3 is 21.3 Å². The fraction of sp³-hybridized carbons (Fsp3) is 0.100. The first-order chi connectivity index (χ1) is 29.3. The molecule has 4 amide bonds. The third-order valence-electron chi connectivity index (χ3n) is 8.18. The molecule has 0 aromatic heterocycles. The molecule has 0 bridgehead atoms. The second kappa shape index (κ2) is 21.3. The molecule has 4 N–H and O–H groups in total. The predicted molar refractivity (Wildman–Crippen MR) is 243 cm³/mol. The second-order valence-electron chi connectivity index (χ2n) is 12.7. The number of anilines is 4. The topological polar surface area (TPSA) is 200 Å². The zero-order chi connectivity index (χ0) is 45.4. The maximum atomic E-state index is 13.3. The van der Waals surface area contributed by atoms with Gasteiger partial charge >= 0.3 is 0 Å². The molecule has 318 valence electrons. The van der Waals surface area contributed by atoms with Crippen molar-refractivity contribution in [1.82, 2.24) is 0 Å². The summed E-state index contributed by atoms with van der Waals surface area (Å²) >= 11 is 49.8. The molecule has 22 heteroatoms. The number of nitrogens with one attached hydrogen (secondary N) is 4. The molecule has 2 unspecified atom stereocenters. The van der Waals surface area contributed by atoms with E-state index in [-0.39, 0.29) is 75.4 Å². The average molecular weight is 998 g/mol. The van der Waals surface area contributed by atoms with E-state index in [4.69, 9.17) is 92.8 Å². The normalized spacial score (nSPS) is 12.2. The molecule has 5 aromatic rings. The van der Waals surface area contributed by atoms with E-state index in [9.17, 15) is 28.8 Å². The second-order valence-corrected chi connectivity index (χ2v) is 16.0. The summed E-state index contributed by atoms with van der Waals surface area (Å²) in [5.74, 6) is -4.61. The lowest BCUT2D eigenvalue weighted by Gasteiger charge is -2.15. The smallest absolute Gasteiger partial charge is 0.258 e. The first-order valence-corrected chi connectivity index (χ1v) is 20.4. The minimum absolute atomic E-state index is 0.0203. The van der Waals surface area contributed by atoms with Crippen LogP contribution in [0.2, 0.25) is 40.2 Å². The Kier molecular flexibility index (Phi) is 16.4. The number of rotatable bonds is 14. The number of Topliss-reactive ketones (excluding diaryl/α,β-unsaturated/α-hetero) is 2. The van der Waals surface area contributed by atoms with Crippen molar-refractivity contribution in [2.24, 2.45) is 20.5 Å². The molecule has 0 radical (unpaired) electrons. The molecule has 5 rings (SSSR count). The maximum Gasteiger partial charge on any atom is 0.258 e. The van der Waals surface area contributed by atoms with Gasteiger partial charge in [-0.05, 0) is 98.8 Å².